The van der Waals surface area contributed by atoms with E-state index >= 15 is 0 Å². The van der Waals surface area contributed by atoms with Gasteiger partial charge in [-0.1, -0.05) is 30.3 Å². The average molecular weight is 324 g/mol. The van der Waals surface area contributed by atoms with E-state index in [0.717, 1.165) is 36.5 Å². The van der Waals surface area contributed by atoms with Gasteiger partial charge in [-0.25, -0.2) is 0 Å². The number of rotatable bonds is 5. The van der Waals surface area contributed by atoms with Gasteiger partial charge in [-0.2, -0.15) is 0 Å². The van der Waals surface area contributed by atoms with Crippen molar-refractivity contribution < 1.29 is 9.53 Å². The number of hydrogen-bond acceptors (Lipinski definition) is 3. The smallest absolute Gasteiger partial charge is 0.241 e. The lowest BCUT2D eigenvalue weighted by Gasteiger charge is -2.22. The fraction of sp³-hybridized carbons (Fsp3) is 0.350. The van der Waals surface area contributed by atoms with Crippen molar-refractivity contribution in [3.8, 4) is 5.75 Å². The van der Waals surface area contributed by atoms with Gasteiger partial charge in [0.15, 0.2) is 0 Å². The van der Waals surface area contributed by atoms with Crippen LogP contribution in [0, 0.1) is 6.92 Å². The molecule has 4 nitrogen and oxygen atoms in total. The lowest BCUT2D eigenvalue weighted by atomic mass is 10.1. The van der Waals surface area contributed by atoms with Crippen molar-refractivity contribution in [2.24, 2.45) is 0 Å². The molecule has 1 heterocycles. The summed E-state index contributed by atoms with van der Waals surface area (Å²) in [7, 11) is 3.67. The SMILES string of the molecule is COc1ccc(CN(C)CC(=O)N2CCc3ccccc32)cc1C. The van der Waals surface area contributed by atoms with E-state index in [1.807, 2.05) is 43.1 Å². The van der Waals surface area contributed by atoms with Gasteiger partial charge in [0.1, 0.15) is 5.75 Å². The molecule has 0 N–H and O–H groups in total. The van der Waals surface area contributed by atoms with Gasteiger partial charge in [0.2, 0.25) is 5.91 Å². The van der Waals surface area contributed by atoms with E-state index in [0.29, 0.717) is 6.54 Å². The molecule has 126 valence electrons. The molecule has 0 saturated carbocycles. The molecular formula is C20H24N2O2. The Kier molecular flexibility index (Phi) is 4.86. The van der Waals surface area contributed by atoms with E-state index in [4.69, 9.17) is 4.74 Å². The van der Waals surface area contributed by atoms with Gasteiger partial charge in [0.25, 0.3) is 0 Å². The molecule has 0 aliphatic carbocycles. The van der Waals surface area contributed by atoms with E-state index in [1.165, 1.54) is 11.1 Å². The summed E-state index contributed by atoms with van der Waals surface area (Å²) < 4.78 is 5.30. The van der Waals surface area contributed by atoms with Gasteiger partial charge in [-0.15, -0.1) is 0 Å². The van der Waals surface area contributed by atoms with Crippen molar-refractivity contribution in [3.05, 3.63) is 59.2 Å². The Labute approximate surface area is 143 Å². The van der Waals surface area contributed by atoms with Crippen LogP contribution in [0.1, 0.15) is 16.7 Å². The topological polar surface area (TPSA) is 32.8 Å². The van der Waals surface area contributed by atoms with Crippen LogP contribution in [0.25, 0.3) is 0 Å². The second-order valence-electron chi connectivity index (χ2n) is 6.40. The maximum absolute atomic E-state index is 12.6. The Balaban J connectivity index is 1.62. The van der Waals surface area contributed by atoms with Gasteiger partial charge < -0.3 is 9.64 Å². The lowest BCUT2D eigenvalue weighted by Crippen LogP contribution is -2.37. The number of carbonyl (C=O) groups excluding carboxylic acids is 1. The predicted octanol–water partition coefficient (Wildman–Crippen LogP) is 3.02. The molecule has 0 unspecified atom stereocenters. The molecule has 0 atom stereocenters. The van der Waals surface area contributed by atoms with Crippen LogP contribution >= 0.6 is 0 Å². The number of benzene rings is 2. The highest BCUT2D eigenvalue weighted by Gasteiger charge is 2.24. The quantitative estimate of drug-likeness (QED) is 0.847. The Hall–Kier alpha value is -2.33. The molecule has 1 aliphatic heterocycles. The first-order valence-electron chi connectivity index (χ1n) is 8.29. The number of aryl methyl sites for hydroxylation is 1. The minimum absolute atomic E-state index is 0.160. The van der Waals surface area contributed by atoms with Crippen LogP contribution in [0.3, 0.4) is 0 Å². The number of nitrogens with zero attached hydrogens (tertiary/aromatic N) is 2. The second kappa shape index (κ2) is 7.05. The minimum atomic E-state index is 0.160. The normalized spacial score (nSPS) is 13.2. The van der Waals surface area contributed by atoms with Crippen LogP contribution in [-0.2, 0) is 17.8 Å². The zero-order chi connectivity index (χ0) is 17.1. The molecule has 0 spiro atoms. The summed E-state index contributed by atoms with van der Waals surface area (Å²) in [6.45, 7) is 3.98. The van der Waals surface area contributed by atoms with Crippen LogP contribution in [0.2, 0.25) is 0 Å². The van der Waals surface area contributed by atoms with Crippen molar-refractivity contribution in [2.45, 2.75) is 19.9 Å². The molecule has 0 saturated heterocycles. The third kappa shape index (κ3) is 3.44. The molecule has 3 rings (SSSR count). The van der Waals surface area contributed by atoms with Gasteiger partial charge >= 0.3 is 0 Å². The van der Waals surface area contributed by atoms with E-state index < -0.39 is 0 Å². The Morgan fingerprint density at radius 1 is 1.25 bits per heavy atom. The third-order valence-electron chi connectivity index (χ3n) is 4.51. The molecule has 1 amide bonds. The summed E-state index contributed by atoms with van der Waals surface area (Å²) in [5, 5.41) is 0. The van der Waals surface area contributed by atoms with Crippen LogP contribution in [0.15, 0.2) is 42.5 Å². The summed E-state index contributed by atoms with van der Waals surface area (Å²) in [6.07, 6.45) is 0.948. The van der Waals surface area contributed by atoms with Gasteiger partial charge in [0.05, 0.1) is 13.7 Å². The van der Waals surface area contributed by atoms with Crippen molar-refractivity contribution in [1.29, 1.82) is 0 Å². The summed E-state index contributed by atoms with van der Waals surface area (Å²) >= 11 is 0. The predicted molar refractivity (Wildman–Crippen MR) is 96.6 cm³/mol. The zero-order valence-electron chi connectivity index (χ0n) is 14.6. The number of hydrogen-bond donors (Lipinski definition) is 0. The van der Waals surface area contributed by atoms with Crippen LogP contribution in [0.5, 0.6) is 5.75 Å². The number of anilines is 1. The molecule has 0 radical (unpaired) electrons. The zero-order valence-corrected chi connectivity index (χ0v) is 14.6. The fourth-order valence-electron chi connectivity index (χ4n) is 3.32. The second-order valence-corrected chi connectivity index (χ2v) is 6.40. The summed E-state index contributed by atoms with van der Waals surface area (Å²) in [5.41, 5.74) is 4.63. The number of methoxy groups -OCH3 is 1. The highest BCUT2D eigenvalue weighted by atomic mass is 16.5. The Morgan fingerprint density at radius 3 is 2.79 bits per heavy atom. The number of likely N-dealkylation sites (N-methyl/N-ethyl adjacent to an activating group) is 1. The van der Waals surface area contributed by atoms with Crippen molar-refractivity contribution in [3.63, 3.8) is 0 Å². The molecular weight excluding hydrogens is 300 g/mol. The van der Waals surface area contributed by atoms with E-state index in [9.17, 15) is 4.79 Å². The maximum Gasteiger partial charge on any atom is 0.241 e. The van der Waals surface area contributed by atoms with Gasteiger partial charge in [0, 0.05) is 18.8 Å². The number of para-hydroxylation sites is 1. The van der Waals surface area contributed by atoms with E-state index in [1.54, 1.807) is 7.11 Å². The van der Waals surface area contributed by atoms with Crippen LogP contribution < -0.4 is 9.64 Å². The summed E-state index contributed by atoms with van der Waals surface area (Å²) in [4.78, 5) is 16.6. The molecule has 2 aromatic carbocycles. The molecule has 2 aromatic rings. The fourth-order valence-corrected chi connectivity index (χ4v) is 3.32. The van der Waals surface area contributed by atoms with Gasteiger partial charge in [-0.05, 0) is 49.2 Å². The molecule has 1 aliphatic rings. The third-order valence-corrected chi connectivity index (χ3v) is 4.51. The molecule has 0 bridgehead atoms. The number of carbonyl (C=O) groups is 1. The summed E-state index contributed by atoms with van der Waals surface area (Å²) in [6, 6.07) is 14.3. The lowest BCUT2D eigenvalue weighted by molar-refractivity contribution is -0.119. The first kappa shape index (κ1) is 16.5. The van der Waals surface area contributed by atoms with Crippen LogP contribution in [-0.4, -0.2) is 38.1 Å². The highest BCUT2D eigenvalue weighted by Crippen LogP contribution is 2.27. The van der Waals surface area contributed by atoms with Crippen molar-refractivity contribution in [2.75, 3.05) is 32.1 Å². The Morgan fingerprint density at radius 2 is 2.04 bits per heavy atom. The number of amides is 1. The molecule has 0 aromatic heterocycles. The van der Waals surface area contributed by atoms with Gasteiger partial charge in [-0.3, -0.25) is 9.69 Å². The van der Waals surface area contributed by atoms with Crippen molar-refractivity contribution >= 4 is 11.6 Å². The monoisotopic (exact) mass is 324 g/mol. The highest BCUT2D eigenvalue weighted by molar-refractivity contribution is 5.96. The minimum Gasteiger partial charge on any atom is -0.496 e. The summed E-state index contributed by atoms with van der Waals surface area (Å²) in [5.74, 6) is 1.05. The molecule has 4 heteroatoms. The average Bonchev–Trinajstić information content (AvgIpc) is 2.99. The molecule has 24 heavy (non-hydrogen) atoms. The van der Waals surface area contributed by atoms with Crippen molar-refractivity contribution in [1.82, 2.24) is 4.90 Å². The molecule has 0 fully saturated rings. The first-order valence-corrected chi connectivity index (χ1v) is 8.29. The number of fused-ring (bicyclic) bond motifs is 1. The standard InChI is InChI=1S/C20H24N2O2/c1-15-12-16(8-9-19(15)24-3)13-21(2)14-20(23)22-11-10-17-6-4-5-7-18(17)22/h4-9,12H,10-11,13-14H2,1-3H3. The first-order chi connectivity index (χ1) is 11.6. The maximum atomic E-state index is 12.6. The van der Waals surface area contributed by atoms with E-state index in [-0.39, 0.29) is 5.91 Å². The van der Waals surface area contributed by atoms with E-state index in [2.05, 4.69) is 23.1 Å². The Bertz CT molecular complexity index is 742. The largest absolute Gasteiger partial charge is 0.496 e. The van der Waals surface area contributed by atoms with Crippen LogP contribution in [0.4, 0.5) is 5.69 Å². The number of ether oxygens (including phenoxy) is 1.